The molecule has 2 aromatic carbocycles. The largest absolute Gasteiger partial charge is 0.444 e. The number of nitrogens with zero attached hydrogens (tertiary/aromatic N) is 2. The number of carbonyl (C=O) groups is 2. The third-order valence-electron chi connectivity index (χ3n) is 8.64. The van der Waals surface area contributed by atoms with Crippen molar-refractivity contribution in [3.8, 4) is 11.1 Å². The molecule has 3 heterocycles. The van der Waals surface area contributed by atoms with Gasteiger partial charge in [0, 0.05) is 43.8 Å². The SMILES string of the molecule is CC(C)(C)OC(=O)N1CCC(NCCCS(=O)(=O)N2CCC(c3c[nH]c4c(C(N)=O)cc(-c5ccccc5)cc34)CC2)CC1. The molecule has 2 saturated heterocycles. The molecule has 1 aromatic heterocycles. The normalized spacial score (nSPS) is 17.7. The van der Waals surface area contributed by atoms with Crippen LogP contribution in [0.1, 0.15) is 74.7 Å². The summed E-state index contributed by atoms with van der Waals surface area (Å²) in [6.45, 7) is 8.42. The van der Waals surface area contributed by atoms with Crippen molar-refractivity contribution in [1.82, 2.24) is 19.5 Å². The standard InChI is InChI=1S/C33H45N5O5S/c1-33(2,3)43-32(40)37-15-12-26(13-16-37)35-14-7-19-44(41,42)38-17-10-24(11-18-38)29-22-36-30-27(29)20-25(21-28(30)31(34)39)23-8-5-4-6-9-23/h4-6,8-9,20-22,24,26,35-36H,7,10-19H2,1-3H3,(H2,34,39). The zero-order valence-corrected chi connectivity index (χ0v) is 26.8. The Morgan fingerprint density at radius 1 is 1.00 bits per heavy atom. The van der Waals surface area contributed by atoms with Gasteiger partial charge in [-0.2, -0.15) is 0 Å². The molecule has 0 unspecified atom stereocenters. The van der Waals surface area contributed by atoms with Gasteiger partial charge in [0.15, 0.2) is 0 Å². The van der Waals surface area contributed by atoms with Crippen LogP contribution >= 0.6 is 0 Å². The van der Waals surface area contributed by atoms with E-state index in [2.05, 4.69) is 16.4 Å². The lowest BCUT2D eigenvalue weighted by molar-refractivity contribution is 0.0198. The molecule has 238 valence electrons. The van der Waals surface area contributed by atoms with Gasteiger partial charge >= 0.3 is 6.09 Å². The molecule has 11 heteroatoms. The number of H-pyrrole nitrogens is 1. The average Bonchev–Trinajstić information content (AvgIpc) is 3.43. The van der Waals surface area contributed by atoms with Crippen LogP contribution in [0, 0.1) is 0 Å². The third-order valence-corrected chi connectivity index (χ3v) is 10.6. The number of aromatic amines is 1. The molecule has 0 saturated carbocycles. The number of hydrogen-bond donors (Lipinski definition) is 3. The van der Waals surface area contributed by atoms with E-state index < -0.39 is 21.5 Å². The Labute approximate surface area is 260 Å². The number of primary amides is 1. The van der Waals surface area contributed by atoms with E-state index in [0.717, 1.165) is 40.4 Å². The highest BCUT2D eigenvalue weighted by atomic mass is 32.2. The molecular formula is C33H45N5O5S. The lowest BCUT2D eigenvalue weighted by Gasteiger charge is -2.34. The van der Waals surface area contributed by atoms with Crippen LogP contribution in [0.2, 0.25) is 0 Å². The summed E-state index contributed by atoms with van der Waals surface area (Å²) in [5.74, 6) is -0.199. The van der Waals surface area contributed by atoms with Gasteiger partial charge in [0.25, 0.3) is 5.91 Å². The number of nitrogens with one attached hydrogen (secondary N) is 2. The first-order valence-electron chi connectivity index (χ1n) is 15.6. The number of hydrogen-bond acceptors (Lipinski definition) is 6. The Morgan fingerprint density at radius 3 is 2.32 bits per heavy atom. The van der Waals surface area contributed by atoms with Gasteiger partial charge in [-0.25, -0.2) is 17.5 Å². The zero-order valence-electron chi connectivity index (χ0n) is 26.0. The highest BCUT2D eigenvalue weighted by molar-refractivity contribution is 7.89. The molecule has 2 amide bonds. The van der Waals surface area contributed by atoms with Crippen LogP contribution in [-0.4, -0.2) is 84.7 Å². The Kier molecular flexibility index (Phi) is 9.67. The van der Waals surface area contributed by atoms with Gasteiger partial charge in [0.2, 0.25) is 10.0 Å². The predicted molar refractivity (Wildman–Crippen MR) is 173 cm³/mol. The Hall–Kier alpha value is -3.41. The van der Waals surface area contributed by atoms with E-state index in [1.807, 2.05) is 63.4 Å². The van der Waals surface area contributed by atoms with Gasteiger partial charge in [-0.15, -0.1) is 0 Å². The van der Waals surface area contributed by atoms with Crippen molar-refractivity contribution in [2.45, 2.75) is 70.4 Å². The molecule has 4 N–H and O–H groups in total. The number of ether oxygens (including phenoxy) is 1. The van der Waals surface area contributed by atoms with E-state index in [1.165, 1.54) is 0 Å². The first-order chi connectivity index (χ1) is 20.9. The molecule has 3 aromatic rings. The highest BCUT2D eigenvalue weighted by Gasteiger charge is 2.31. The monoisotopic (exact) mass is 623 g/mol. The molecule has 5 rings (SSSR count). The molecule has 10 nitrogen and oxygen atoms in total. The molecule has 0 radical (unpaired) electrons. The average molecular weight is 624 g/mol. The fraction of sp³-hybridized carbons (Fsp3) is 0.515. The van der Waals surface area contributed by atoms with Gasteiger partial charge in [-0.05, 0) is 94.2 Å². The summed E-state index contributed by atoms with van der Waals surface area (Å²) in [5, 5.41) is 4.44. The number of rotatable bonds is 9. The van der Waals surface area contributed by atoms with E-state index in [4.69, 9.17) is 10.5 Å². The third kappa shape index (κ3) is 7.62. The predicted octanol–water partition coefficient (Wildman–Crippen LogP) is 4.82. The number of aromatic nitrogens is 1. The summed E-state index contributed by atoms with van der Waals surface area (Å²) in [6, 6.07) is 14.1. The van der Waals surface area contributed by atoms with Crippen LogP contribution < -0.4 is 11.1 Å². The fourth-order valence-corrected chi connectivity index (χ4v) is 7.84. The number of piperidine rings is 2. The molecule has 0 atom stereocenters. The van der Waals surface area contributed by atoms with Crippen LogP contribution in [0.3, 0.4) is 0 Å². The topological polar surface area (TPSA) is 138 Å². The minimum atomic E-state index is -3.36. The molecule has 2 aliphatic heterocycles. The van der Waals surface area contributed by atoms with Crippen LogP contribution in [0.5, 0.6) is 0 Å². The molecule has 44 heavy (non-hydrogen) atoms. The second-order valence-electron chi connectivity index (χ2n) is 13.0. The number of carbonyl (C=O) groups excluding carboxylic acids is 2. The molecule has 0 bridgehead atoms. The summed E-state index contributed by atoms with van der Waals surface area (Å²) in [5.41, 5.74) is 9.45. The van der Waals surface area contributed by atoms with E-state index in [9.17, 15) is 18.0 Å². The van der Waals surface area contributed by atoms with Crippen LogP contribution in [0.25, 0.3) is 22.0 Å². The first-order valence-corrected chi connectivity index (χ1v) is 17.2. The van der Waals surface area contributed by atoms with Gasteiger partial charge < -0.3 is 25.7 Å². The van der Waals surface area contributed by atoms with E-state index >= 15 is 0 Å². The van der Waals surface area contributed by atoms with Gasteiger partial charge in [-0.3, -0.25) is 4.79 Å². The number of likely N-dealkylation sites (tertiary alicyclic amines) is 1. The Morgan fingerprint density at radius 2 is 1.68 bits per heavy atom. The summed E-state index contributed by atoms with van der Waals surface area (Å²) in [6.07, 6.45) is 5.27. The summed E-state index contributed by atoms with van der Waals surface area (Å²) in [7, 11) is -3.36. The Bertz CT molecular complexity index is 1570. The quantitative estimate of drug-likeness (QED) is 0.292. The van der Waals surface area contributed by atoms with Crippen LogP contribution in [0.4, 0.5) is 4.79 Å². The van der Waals surface area contributed by atoms with Crippen molar-refractivity contribution >= 4 is 32.9 Å². The molecule has 0 aliphatic carbocycles. The first kappa shape index (κ1) is 32.0. The van der Waals surface area contributed by atoms with Gasteiger partial charge in [0.05, 0.1) is 16.8 Å². The van der Waals surface area contributed by atoms with Crippen molar-refractivity contribution < 1.29 is 22.7 Å². The second-order valence-corrected chi connectivity index (χ2v) is 15.0. The summed E-state index contributed by atoms with van der Waals surface area (Å²) < 4.78 is 33.4. The zero-order chi connectivity index (χ0) is 31.5. The van der Waals surface area contributed by atoms with E-state index in [-0.39, 0.29) is 23.8 Å². The Balaban J connectivity index is 1.12. The number of nitrogens with two attached hydrogens (primary N) is 1. The number of benzene rings is 2. The molecule has 0 spiro atoms. The maximum Gasteiger partial charge on any atom is 0.410 e. The van der Waals surface area contributed by atoms with Gasteiger partial charge in [0.1, 0.15) is 5.60 Å². The number of sulfonamides is 1. The van der Waals surface area contributed by atoms with Crippen molar-refractivity contribution in [3.05, 3.63) is 59.8 Å². The molecular weight excluding hydrogens is 578 g/mol. The van der Waals surface area contributed by atoms with Crippen LogP contribution in [-0.2, 0) is 14.8 Å². The van der Waals surface area contributed by atoms with Crippen molar-refractivity contribution in [2.24, 2.45) is 5.73 Å². The van der Waals surface area contributed by atoms with Crippen molar-refractivity contribution in [3.63, 3.8) is 0 Å². The lowest BCUT2D eigenvalue weighted by atomic mass is 9.88. The number of fused-ring (bicyclic) bond motifs is 1. The summed E-state index contributed by atoms with van der Waals surface area (Å²) >= 11 is 0. The molecule has 2 fully saturated rings. The lowest BCUT2D eigenvalue weighted by Crippen LogP contribution is -2.47. The number of amides is 2. The van der Waals surface area contributed by atoms with E-state index in [1.54, 1.807) is 9.21 Å². The smallest absolute Gasteiger partial charge is 0.410 e. The van der Waals surface area contributed by atoms with E-state index in [0.29, 0.717) is 57.5 Å². The van der Waals surface area contributed by atoms with Gasteiger partial charge in [-0.1, -0.05) is 30.3 Å². The molecule has 2 aliphatic rings. The minimum Gasteiger partial charge on any atom is -0.444 e. The maximum absolute atomic E-state index is 13.2. The van der Waals surface area contributed by atoms with Crippen molar-refractivity contribution in [1.29, 1.82) is 0 Å². The minimum absolute atomic E-state index is 0.108. The van der Waals surface area contributed by atoms with Crippen LogP contribution in [0.15, 0.2) is 48.7 Å². The van der Waals surface area contributed by atoms with Crippen molar-refractivity contribution in [2.75, 3.05) is 38.5 Å². The fourth-order valence-electron chi connectivity index (χ4n) is 6.31. The second kappa shape index (κ2) is 13.3. The maximum atomic E-state index is 13.2. The highest BCUT2D eigenvalue weighted by Crippen LogP contribution is 2.37. The summed E-state index contributed by atoms with van der Waals surface area (Å²) in [4.78, 5) is 29.6.